The zero-order chi connectivity index (χ0) is 17.5. The fourth-order valence-electron chi connectivity index (χ4n) is 1.88. The molecule has 0 radical (unpaired) electrons. The topological polar surface area (TPSA) is 58.2 Å². The highest BCUT2D eigenvalue weighted by atomic mass is 79.9. The molecule has 2 rings (SSSR count). The van der Waals surface area contributed by atoms with Crippen LogP contribution in [0.25, 0.3) is 0 Å². The van der Waals surface area contributed by atoms with Crippen molar-refractivity contribution < 1.29 is 9.59 Å². The second-order valence-corrected chi connectivity index (χ2v) is 6.19. The van der Waals surface area contributed by atoms with Crippen molar-refractivity contribution in [3.05, 3.63) is 63.1 Å². The van der Waals surface area contributed by atoms with Crippen LogP contribution in [0.15, 0.2) is 46.9 Å². The molecule has 4 nitrogen and oxygen atoms in total. The summed E-state index contributed by atoms with van der Waals surface area (Å²) in [5, 5.41) is 5.77. The predicted molar refractivity (Wildman–Crippen MR) is 99.1 cm³/mol. The molecule has 122 valence electrons. The van der Waals surface area contributed by atoms with Gasteiger partial charge in [-0.15, -0.1) is 0 Å². The number of carbonyl (C=O) groups is 2. The third-order valence-electron chi connectivity index (χ3n) is 2.95. The van der Waals surface area contributed by atoms with Crippen molar-refractivity contribution in [1.29, 1.82) is 0 Å². The van der Waals surface area contributed by atoms with Crippen molar-refractivity contribution in [1.82, 2.24) is 5.32 Å². The van der Waals surface area contributed by atoms with E-state index in [1.807, 2.05) is 0 Å². The van der Waals surface area contributed by atoms with Gasteiger partial charge in [0.25, 0.3) is 5.91 Å². The molecular formula is C18H14BrClN2O2. The smallest absolute Gasteiger partial charge is 0.253 e. The van der Waals surface area contributed by atoms with Crippen molar-refractivity contribution in [3.8, 4) is 11.8 Å². The first-order valence-electron chi connectivity index (χ1n) is 7.05. The molecule has 24 heavy (non-hydrogen) atoms. The van der Waals surface area contributed by atoms with E-state index in [0.29, 0.717) is 16.3 Å². The maximum Gasteiger partial charge on any atom is 0.253 e. The lowest BCUT2D eigenvalue weighted by Crippen LogP contribution is -2.23. The number of amides is 2. The zero-order valence-electron chi connectivity index (χ0n) is 12.8. The van der Waals surface area contributed by atoms with Crippen LogP contribution in [0.3, 0.4) is 0 Å². The van der Waals surface area contributed by atoms with E-state index in [1.165, 1.54) is 6.92 Å². The summed E-state index contributed by atoms with van der Waals surface area (Å²) in [5.74, 6) is 5.41. The molecule has 2 aromatic carbocycles. The van der Waals surface area contributed by atoms with Gasteiger partial charge in [-0.1, -0.05) is 39.4 Å². The molecule has 0 saturated heterocycles. The molecular weight excluding hydrogens is 392 g/mol. The van der Waals surface area contributed by atoms with E-state index in [4.69, 9.17) is 11.6 Å². The lowest BCUT2D eigenvalue weighted by Gasteiger charge is -2.04. The molecule has 0 aliphatic rings. The molecule has 2 aromatic rings. The zero-order valence-corrected chi connectivity index (χ0v) is 15.2. The van der Waals surface area contributed by atoms with E-state index in [1.54, 1.807) is 42.5 Å². The molecule has 0 aromatic heterocycles. The van der Waals surface area contributed by atoms with Crippen LogP contribution < -0.4 is 10.6 Å². The molecule has 0 aliphatic heterocycles. The van der Waals surface area contributed by atoms with Crippen LogP contribution in [0.4, 0.5) is 5.69 Å². The van der Waals surface area contributed by atoms with Crippen LogP contribution in [0.1, 0.15) is 22.8 Å². The number of hydrogen-bond acceptors (Lipinski definition) is 2. The molecule has 0 unspecified atom stereocenters. The largest absolute Gasteiger partial charge is 0.341 e. The number of halogens is 2. The number of nitrogens with one attached hydrogen (secondary N) is 2. The highest BCUT2D eigenvalue weighted by Gasteiger charge is 2.09. The monoisotopic (exact) mass is 404 g/mol. The van der Waals surface area contributed by atoms with Crippen LogP contribution in [0, 0.1) is 11.8 Å². The van der Waals surface area contributed by atoms with E-state index in [-0.39, 0.29) is 18.4 Å². The van der Waals surface area contributed by atoms with Gasteiger partial charge in [0.1, 0.15) is 0 Å². The first-order chi connectivity index (χ1) is 11.5. The van der Waals surface area contributed by atoms with Gasteiger partial charge in [0, 0.05) is 22.6 Å². The molecule has 0 fully saturated rings. The van der Waals surface area contributed by atoms with Gasteiger partial charge in [-0.2, -0.15) is 0 Å². The van der Waals surface area contributed by atoms with Gasteiger partial charge in [0.15, 0.2) is 0 Å². The second-order valence-electron chi connectivity index (χ2n) is 4.87. The van der Waals surface area contributed by atoms with E-state index in [2.05, 4.69) is 38.4 Å². The van der Waals surface area contributed by atoms with Crippen molar-refractivity contribution in [2.75, 3.05) is 11.9 Å². The Morgan fingerprint density at radius 1 is 1.17 bits per heavy atom. The summed E-state index contributed by atoms with van der Waals surface area (Å²) in [5.41, 5.74) is 1.90. The van der Waals surface area contributed by atoms with Crippen LogP contribution in [0.2, 0.25) is 5.02 Å². The molecule has 6 heteroatoms. The third kappa shape index (κ3) is 5.41. The Labute approximate surface area is 153 Å². The van der Waals surface area contributed by atoms with E-state index < -0.39 is 0 Å². The summed E-state index contributed by atoms with van der Waals surface area (Å²) in [6.07, 6.45) is 0. The fraction of sp³-hybridized carbons (Fsp3) is 0.111. The highest BCUT2D eigenvalue weighted by molar-refractivity contribution is 9.10. The molecule has 0 saturated carbocycles. The van der Waals surface area contributed by atoms with Gasteiger partial charge in [-0.3, -0.25) is 9.59 Å². The minimum Gasteiger partial charge on any atom is -0.341 e. The Morgan fingerprint density at radius 2 is 1.88 bits per heavy atom. The minimum atomic E-state index is -0.281. The molecule has 2 amide bonds. The molecule has 0 bridgehead atoms. The summed E-state index contributed by atoms with van der Waals surface area (Å²) in [6.45, 7) is 1.66. The van der Waals surface area contributed by atoms with Gasteiger partial charge in [0.2, 0.25) is 5.91 Å². The van der Waals surface area contributed by atoms with Crippen molar-refractivity contribution >= 4 is 45.0 Å². The van der Waals surface area contributed by atoms with Gasteiger partial charge in [0.05, 0.1) is 17.1 Å². The van der Waals surface area contributed by atoms with Crippen molar-refractivity contribution in [3.63, 3.8) is 0 Å². The number of hydrogen-bond donors (Lipinski definition) is 2. The number of carbonyl (C=O) groups excluding carboxylic acids is 2. The van der Waals surface area contributed by atoms with Gasteiger partial charge in [-0.05, 0) is 42.5 Å². The van der Waals surface area contributed by atoms with Crippen LogP contribution in [0.5, 0.6) is 0 Å². The quantitative estimate of drug-likeness (QED) is 0.762. The molecule has 0 aliphatic carbocycles. The van der Waals surface area contributed by atoms with Gasteiger partial charge < -0.3 is 10.6 Å². The lowest BCUT2D eigenvalue weighted by atomic mass is 10.2. The van der Waals surface area contributed by atoms with Crippen LogP contribution >= 0.6 is 27.5 Å². The predicted octanol–water partition coefficient (Wildman–Crippen LogP) is 3.84. The Kier molecular flexibility index (Phi) is 6.42. The summed E-state index contributed by atoms with van der Waals surface area (Å²) in [6, 6.07) is 12.2. The normalized spacial score (nSPS) is 9.62. The van der Waals surface area contributed by atoms with E-state index in [9.17, 15) is 9.59 Å². The highest BCUT2D eigenvalue weighted by Crippen LogP contribution is 2.20. The average molecular weight is 406 g/mol. The van der Waals surface area contributed by atoms with Crippen LogP contribution in [-0.4, -0.2) is 18.4 Å². The summed E-state index contributed by atoms with van der Waals surface area (Å²) >= 11 is 9.31. The molecule has 2 N–H and O–H groups in total. The Balaban J connectivity index is 1.92. The average Bonchev–Trinajstić information content (AvgIpc) is 2.54. The maximum atomic E-state index is 12.1. The maximum absolute atomic E-state index is 12.1. The number of anilines is 1. The summed E-state index contributed by atoms with van der Waals surface area (Å²) in [7, 11) is 0. The SMILES string of the molecule is CC(=O)Nc1ccc(C#CCNC(=O)c2cc(Br)ccc2Cl)cc1. The first kappa shape index (κ1) is 18.1. The van der Waals surface area contributed by atoms with Crippen molar-refractivity contribution in [2.24, 2.45) is 0 Å². The Bertz CT molecular complexity index is 823. The lowest BCUT2D eigenvalue weighted by molar-refractivity contribution is -0.114. The standard InChI is InChI=1S/C18H14BrClN2O2/c1-12(23)22-15-7-4-13(5-8-15)3-2-10-21-18(24)16-11-14(19)6-9-17(16)20/h4-9,11H,10H2,1H3,(H,21,24)(H,22,23). The molecule has 0 spiro atoms. The first-order valence-corrected chi connectivity index (χ1v) is 8.22. The van der Waals surface area contributed by atoms with Crippen LogP contribution in [-0.2, 0) is 4.79 Å². The van der Waals surface area contributed by atoms with E-state index in [0.717, 1.165) is 10.0 Å². The fourth-order valence-corrected chi connectivity index (χ4v) is 2.44. The number of rotatable bonds is 3. The van der Waals surface area contributed by atoms with Gasteiger partial charge >= 0.3 is 0 Å². The molecule has 0 heterocycles. The van der Waals surface area contributed by atoms with Crippen molar-refractivity contribution in [2.45, 2.75) is 6.92 Å². The second kappa shape index (κ2) is 8.53. The molecule has 0 atom stereocenters. The Morgan fingerprint density at radius 3 is 2.54 bits per heavy atom. The number of benzene rings is 2. The van der Waals surface area contributed by atoms with Gasteiger partial charge in [-0.25, -0.2) is 0 Å². The minimum absolute atomic E-state index is 0.122. The summed E-state index contributed by atoms with van der Waals surface area (Å²) < 4.78 is 0.780. The Hall–Kier alpha value is -2.29. The third-order valence-corrected chi connectivity index (χ3v) is 3.77. The summed E-state index contributed by atoms with van der Waals surface area (Å²) in [4.78, 5) is 23.0. The van der Waals surface area contributed by atoms with E-state index >= 15 is 0 Å².